The highest BCUT2D eigenvalue weighted by Crippen LogP contribution is 2.51. The number of aliphatic imine (C=N–C) groups is 1. The molecule has 1 saturated carbocycles. The van der Waals surface area contributed by atoms with Gasteiger partial charge in [0.15, 0.2) is 5.96 Å². The van der Waals surface area contributed by atoms with Crippen LogP contribution in [0.15, 0.2) is 52.4 Å². The van der Waals surface area contributed by atoms with Crippen LogP contribution in [0.2, 0.25) is 0 Å². The number of hydrogen-bond acceptors (Lipinski definition) is 2. The molecule has 0 unspecified atom stereocenters. The van der Waals surface area contributed by atoms with Crippen molar-refractivity contribution in [2.24, 2.45) is 4.99 Å². The second-order valence-corrected chi connectivity index (χ2v) is 6.85. The third-order valence-electron chi connectivity index (χ3n) is 3.53. The summed E-state index contributed by atoms with van der Waals surface area (Å²) in [6.07, 6.45) is 7.81. The summed E-state index contributed by atoms with van der Waals surface area (Å²) in [7, 11) is 1.83. The van der Waals surface area contributed by atoms with Crippen LogP contribution < -0.4 is 10.6 Å². The SMILES string of the molecule is C/C=C/CCNC(=NC)NCC1(Sc2ccccc2)CC1. The van der Waals surface area contributed by atoms with Gasteiger partial charge in [0.2, 0.25) is 0 Å². The zero-order chi connectivity index (χ0) is 15.0. The van der Waals surface area contributed by atoms with E-state index in [0.717, 1.165) is 25.5 Å². The van der Waals surface area contributed by atoms with Gasteiger partial charge in [-0.15, -0.1) is 11.8 Å². The molecule has 21 heavy (non-hydrogen) atoms. The molecule has 0 amide bonds. The lowest BCUT2D eigenvalue weighted by atomic mass is 10.4. The lowest BCUT2D eigenvalue weighted by Crippen LogP contribution is -2.41. The van der Waals surface area contributed by atoms with Crippen molar-refractivity contribution in [3.05, 3.63) is 42.5 Å². The fourth-order valence-electron chi connectivity index (χ4n) is 2.10. The summed E-state index contributed by atoms with van der Waals surface area (Å²) in [5, 5.41) is 6.81. The van der Waals surface area contributed by atoms with Crippen LogP contribution >= 0.6 is 11.8 Å². The first-order chi connectivity index (χ1) is 10.3. The van der Waals surface area contributed by atoms with E-state index in [4.69, 9.17) is 0 Å². The van der Waals surface area contributed by atoms with E-state index in [1.807, 2.05) is 25.7 Å². The van der Waals surface area contributed by atoms with E-state index in [9.17, 15) is 0 Å². The third-order valence-corrected chi connectivity index (χ3v) is 5.02. The molecule has 0 atom stereocenters. The Kier molecular flexibility index (Phi) is 6.18. The molecule has 114 valence electrons. The first-order valence-corrected chi connectivity index (χ1v) is 8.39. The second kappa shape index (κ2) is 8.13. The molecule has 0 aliphatic heterocycles. The predicted octanol–water partition coefficient (Wildman–Crippen LogP) is 3.44. The van der Waals surface area contributed by atoms with Crippen molar-refractivity contribution in [2.75, 3.05) is 20.1 Å². The van der Waals surface area contributed by atoms with Gasteiger partial charge in [0, 0.05) is 29.8 Å². The van der Waals surface area contributed by atoms with E-state index >= 15 is 0 Å². The summed E-state index contributed by atoms with van der Waals surface area (Å²) in [6, 6.07) is 10.7. The minimum Gasteiger partial charge on any atom is -0.356 e. The van der Waals surface area contributed by atoms with Gasteiger partial charge in [-0.25, -0.2) is 0 Å². The van der Waals surface area contributed by atoms with Crippen LogP contribution in [0.1, 0.15) is 26.2 Å². The highest BCUT2D eigenvalue weighted by Gasteiger charge is 2.43. The summed E-state index contributed by atoms with van der Waals surface area (Å²) in [6.45, 7) is 3.93. The van der Waals surface area contributed by atoms with Crippen molar-refractivity contribution in [3.63, 3.8) is 0 Å². The Morgan fingerprint density at radius 1 is 1.29 bits per heavy atom. The van der Waals surface area contributed by atoms with Crippen LogP contribution in [-0.4, -0.2) is 30.8 Å². The van der Waals surface area contributed by atoms with Crippen molar-refractivity contribution < 1.29 is 0 Å². The second-order valence-electron chi connectivity index (χ2n) is 5.31. The average molecular weight is 303 g/mol. The Morgan fingerprint density at radius 2 is 2.05 bits per heavy atom. The Balaban J connectivity index is 1.76. The highest BCUT2D eigenvalue weighted by molar-refractivity contribution is 8.01. The third kappa shape index (κ3) is 5.46. The van der Waals surface area contributed by atoms with Gasteiger partial charge in [0.05, 0.1) is 0 Å². The van der Waals surface area contributed by atoms with E-state index in [1.54, 1.807) is 0 Å². The molecule has 1 aromatic rings. The van der Waals surface area contributed by atoms with Gasteiger partial charge >= 0.3 is 0 Å². The summed E-state index contributed by atoms with van der Waals surface area (Å²) in [5.41, 5.74) is 0. The van der Waals surface area contributed by atoms with Gasteiger partial charge in [-0.3, -0.25) is 4.99 Å². The molecule has 0 saturated heterocycles. The first kappa shape index (κ1) is 16.0. The predicted molar refractivity (Wildman–Crippen MR) is 93.1 cm³/mol. The number of nitrogens with zero attached hydrogens (tertiary/aromatic N) is 1. The molecule has 2 N–H and O–H groups in total. The maximum Gasteiger partial charge on any atom is 0.191 e. The van der Waals surface area contributed by atoms with Gasteiger partial charge < -0.3 is 10.6 Å². The maximum absolute atomic E-state index is 4.28. The van der Waals surface area contributed by atoms with Crippen LogP contribution in [0.25, 0.3) is 0 Å². The maximum atomic E-state index is 4.28. The van der Waals surface area contributed by atoms with Crippen molar-refractivity contribution in [1.29, 1.82) is 0 Å². The van der Waals surface area contributed by atoms with Crippen LogP contribution in [0, 0.1) is 0 Å². The fraction of sp³-hybridized carbons (Fsp3) is 0.471. The molecule has 0 spiro atoms. The molecule has 1 aromatic carbocycles. The molecule has 0 heterocycles. The quantitative estimate of drug-likeness (QED) is 0.351. The van der Waals surface area contributed by atoms with Gasteiger partial charge in [0.25, 0.3) is 0 Å². The fourth-order valence-corrected chi connectivity index (χ4v) is 3.34. The molecule has 2 rings (SSSR count). The van der Waals surface area contributed by atoms with Crippen LogP contribution in [-0.2, 0) is 0 Å². The van der Waals surface area contributed by atoms with Crippen LogP contribution in [0.4, 0.5) is 0 Å². The number of nitrogens with one attached hydrogen (secondary N) is 2. The van der Waals surface area contributed by atoms with Gasteiger partial charge in [-0.2, -0.15) is 0 Å². The summed E-state index contributed by atoms with van der Waals surface area (Å²) >= 11 is 1.98. The van der Waals surface area contributed by atoms with Crippen molar-refractivity contribution in [3.8, 4) is 0 Å². The topological polar surface area (TPSA) is 36.4 Å². The van der Waals surface area contributed by atoms with Crippen LogP contribution in [0.5, 0.6) is 0 Å². The molecule has 3 nitrogen and oxygen atoms in total. The number of guanidine groups is 1. The molecular formula is C17H25N3S. The summed E-state index contributed by atoms with van der Waals surface area (Å²) in [4.78, 5) is 5.64. The lowest BCUT2D eigenvalue weighted by Gasteiger charge is -2.18. The lowest BCUT2D eigenvalue weighted by molar-refractivity contribution is 0.765. The molecule has 1 aliphatic carbocycles. The normalized spacial score (nSPS) is 17.0. The number of thioether (sulfide) groups is 1. The minimum absolute atomic E-state index is 0.349. The van der Waals surface area contributed by atoms with E-state index in [-0.39, 0.29) is 0 Å². The van der Waals surface area contributed by atoms with Gasteiger partial charge in [-0.1, -0.05) is 30.4 Å². The molecule has 0 aromatic heterocycles. The number of rotatable bonds is 7. The minimum atomic E-state index is 0.349. The summed E-state index contributed by atoms with van der Waals surface area (Å²) < 4.78 is 0.349. The monoisotopic (exact) mass is 303 g/mol. The molecule has 0 radical (unpaired) electrons. The number of hydrogen-bond donors (Lipinski definition) is 2. The van der Waals surface area contributed by atoms with Crippen molar-refractivity contribution >= 4 is 17.7 Å². The van der Waals surface area contributed by atoms with Gasteiger partial charge in [-0.05, 0) is 38.3 Å². The van der Waals surface area contributed by atoms with E-state index < -0.39 is 0 Å². The highest BCUT2D eigenvalue weighted by atomic mass is 32.2. The zero-order valence-electron chi connectivity index (χ0n) is 12.9. The largest absolute Gasteiger partial charge is 0.356 e. The molecule has 1 fully saturated rings. The Hall–Kier alpha value is -1.42. The molecule has 0 bridgehead atoms. The Labute approximate surface area is 132 Å². The van der Waals surface area contributed by atoms with E-state index in [0.29, 0.717) is 4.75 Å². The Morgan fingerprint density at radius 3 is 2.67 bits per heavy atom. The number of benzene rings is 1. The average Bonchev–Trinajstić information content (AvgIpc) is 3.27. The summed E-state index contributed by atoms with van der Waals surface area (Å²) in [5.74, 6) is 0.902. The molecule has 4 heteroatoms. The van der Waals surface area contributed by atoms with E-state index in [2.05, 4.69) is 58.1 Å². The van der Waals surface area contributed by atoms with Crippen molar-refractivity contribution in [1.82, 2.24) is 10.6 Å². The Bertz CT molecular complexity index is 478. The molecular weight excluding hydrogens is 278 g/mol. The molecule has 1 aliphatic rings. The standard InChI is InChI=1S/C17H25N3S/c1-3-4-8-13-19-16(18-2)20-14-17(11-12-17)21-15-9-6-5-7-10-15/h3-7,9-10H,8,11-14H2,1-2H3,(H2,18,19,20)/b4-3+. The number of allylic oxidation sites excluding steroid dienone is 1. The zero-order valence-corrected chi connectivity index (χ0v) is 13.7. The van der Waals surface area contributed by atoms with Crippen LogP contribution in [0.3, 0.4) is 0 Å². The van der Waals surface area contributed by atoms with Crippen molar-refractivity contribution in [2.45, 2.75) is 35.8 Å². The first-order valence-electron chi connectivity index (χ1n) is 7.58. The smallest absolute Gasteiger partial charge is 0.191 e. The van der Waals surface area contributed by atoms with E-state index in [1.165, 1.54) is 17.7 Å². The van der Waals surface area contributed by atoms with Gasteiger partial charge in [0.1, 0.15) is 0 Å².